The second kappa shape index (κ2) is 7.65. The Bertz CT molecular complexity index is 337. The molecule has 0 saturated carbocycles. The first kappa shape index (κ1) is 13.5. The van der Waals surface area contributed by atoms with Crippen LogP contribution in [0.1, 0.15) is 5.56 Å². The van der Waals surface area contributed by atoms with Gasteiger partial charge in [0.2, 0.25) is 0 Å². The number of hydrogen-bond donors (Lipinski definition) is 3. The summed E-state index contributed by atoms with van der Waals surface area (Å²) < 4.78 is 5.42. The highest BCUT2D eigenvalue weighted by Gasteiger charge is 2.00. The fourth-order valence-corrected chi connectivity index (χ4v) is 1.32. The van der Waals surface area contributed by atoms with Crippen molar-refractivity contribution in [3.05, 3.63) is 29.8 Å². The lowest BCUT2D eigenvalue weighted by Crippen LogP contribution is -2.23. The van der Waals surface area contributed by atoms with Gasteiger partial charge in [0.1, 0.15) is 12.4 Å². The molecule has 0 amide bonds. The van der Waals surface area contributed by atoms with Gasteiger partial charge in [-0.3, -0.25) is 4.79 Å². The van der Waals surface area contributed by atoms with Gasteiger partial charge >= 0.3 is 5.97 Å². The van der Waals surface area contributed by atoms with Crippen molar-refractivity contribution < 1.29 is 19.7 Å². The zero-order valence-corrected chi connectivity index (χ0v) is 9.56. The number of nitrogens with one attached hydrogen (secondary N) is 1. The zero-order valence-electron chi connectivity index (χ0n) is 9.56. The van der Waals surface area contributed by atoms with Crippen molar-refractivity contribution in [2.45, 2.75) is 6.42 Å². The van der Waals surface area contributed by atoms with Crippen molar-refractivity contribution >= 4 is 5.97 Å². The predicted octanol–water partition coefficient (Wildman–Crippen LogP) is 0.274. The lowest BCUT2D eigenvalue weighted by Gasteiger charge is -2.07. The van der Waals surface area contributed by atoms with E-state index >= 15 is 0 Å². The molecule has 0 radical (unpaired) electrons. The average molecular weight is 239 g/mol. The van der Waals surface area contributed by atoms with Crippen LogP contribution < -0.4 is 10.1 Å². The fraction of sp³-hybridized carbons (Fsp3) is 0.417. The molecule has 0 fully saturated rings. The molecular weight excluding hydrogens is 222 g/mol. The Hall–Kier alpha value is -1.59. The van der Waals surface area contributed by atoms with E-state index in [1.807, 2.05) is 0 Å². The summed E-state index contributed by atoms with van der Waals surface area (Å²) in [5.74, 6) is -0.128. The van der Waals surface area contributed by atoms with Gasteiger partial charge in [0.05, 0.1) is 13.0 Å². The molecule has 1 aromatic rings. The summed E-state index contributed by atoms with van der Waals surface area (Å²) >= 11 is 0. The molecule has 0 heterocycles. The minimum Gasteiger partial charge on any atom is -0.492 e. The summed E-state index contributed by atoms with van der Waals surface area (Å²) in [7, 11) is 0. The number of rotatable bonds is 8. The molecule has 1 rings (SSSR count). The smallest absolute Gasteiger partial charge is 0.307 e. The summed E-state index contributed by atoms with van der Waals surface area (Å²) in [5, 5.41) is 20.1. The van der Waals surface area contributed by atoms with Gasteiger partial charge < -0.3 is 20.3 Å². The van der Waals surface area contributed by atoms with Crippen LogP contribution in [0.25, 0.3) is 0 Å². The molecule has 0 bridgehead atoms. The quantitative estimate of drug-likeness (QED) is 0.568. The van der Waals surface area contributed by atoms with Gasteiger partial charge in [-0.2, -0.15) is 0 Å². The Morgan fingerprint density at radius 3 is 2.53 bits per heavy atom. The molecule has 17 heavy (non-hydrogen) atoms. The van der Waals surface area contributed by atoms with E-state index < -0.39 is 5.97 Å². The third kappa shape index (κ3) is 5.89. The van der Waals surface area contributed by atoms with Crippen LogP contribution in [0.2, 0.25) is 0 Å². The van der Waals surface area contributed by atoms with E-state index in [1.165, 1.54) is 0 Å². The van der Waals surface area contributed by atoms with Gasteiger partial charge in [-0.15, -0.1) is 0 Å². The number of carboxylic acids is 1. The summed E-state index contributed by atoms with van der Waals surface area (Å²) in [5.41, 5.74) is 0.753. The first-order valence-corrected chi connectivity index (χ1v) is 5.47. The molecule has 1 aromatic carbocycles. The molecule has 0 unspecified atom stereocenters. The van der Waals surface area contributed by atoms with Crippen LogP contribution in [0.4, 0.5) is 0 Å². The highest BCUT2D eigenvalue weighted by atomic mass is 16.5. The second-order valence-corrected chi connectivity index (χ2v) is 3.54. The monoisotopic (exact) mass is 239 g/mol. The summed E-state index contributed by atoms with van der Waals surface area (Å²) in [6.07, 6.45) is 0.0261. The highest BCUT2D eigenvalue weighted by Crippen LogP contribution is 2.12. The molecule has 5 heteroatoms. The molecule has 5 nitrogen and oxygen atoms in total. The van der Waals surface area contributed by atoms with Crippen molar-refractivity contribution in [2.75, 3.05) is 26.3 Å². The zero-order chi connectivity index (χ0) is 12.5. The number of hydrogen-bond acceptors (Lipinski definition) is 4. The Labute approximate surface area is 100 Å². The Kier molecular flexibility index (Phi) is 6.06. The summed E-state index contributed by atoms with van der Waals surface area (Å²) in [4.78, 5) is 10.5. The second-order valence-electron chi connectivity index (χ2n) is 3.54. The van der Waals surface area contributed by atoms with Gasteiger partial charge in [0.25, 0.3) is 0 Å². The minimum atomic E-state index is -0.841. The molecule has 0 spiro atoms. The van der Waals surface area contributed by atoms with E-state index in [-0.39, 0.29) is 13.0 Å². The van der Waals surface area contributed by atoms with Gasteiger partial charge in [-0.25, -0.2) is 0 Å². The third-order valence-electron chi connectivity index (χ3n) is 2.11. The Morgan fingerprint density at radius 2 is 1.94 bits per heavy atom. The molecule has 0 aliphatic heterocycles. The number of aliphatic carboxylic acids is 1. The molecule has 0 aliphatic rings. The van der Waals surface area contributed by atoms with Gasteiger partial charge in [-0.1, -0.05) is 12.1 Å². The predicted molar refractivity (Wildman–Crippen MR) is 63.2 cm³/mol. The van der Waals surface area contributed by atoms with Crippen LogP contribution in [0.5, 0.6) is 5.75 Å². The van der Waals surface area contributed by atoms with Crippen molar-refractivity contribution in [3.8, 4) is 5.75 Å². The molecule has 0 aromatic heterocycles. The highest BCUT2D eigenvalue weighted by molar-refractivity contribution is 5.70. The molecule has 3 N–H and O–H groups in total. The lowest BCUT2D eigenvalue weighted by atomic mass is 10.1. The van der Waals surface area contributed by atoms with E-state index in [1.54, 1.807) is 24.3 Å². The largest absolute Gasteiger partial charge is 0.492 e. The maximum absolute atomic E-state index is 10.5. The lowest BCUT2D eigenvalue weighted by molar-refractivity contribution is -0.136. The van der Waals surface area contributed by atoms with E-state index in [2.05, 4.69) is 5.32 Å². The van der Waals surface area contributed by atoms with E-state index in [9.17, 15) is 4.79 Å². The third-order valence-corrected chi connectivity index (χ3v) is 2.11. The van der Waals surface area contributed by atoms with Crippen molar-refractivity contribution in [3.63, 3.8) is 0 Å². The number of aliphatic hydroxyl groups excluding tert-OH is 1. The number of ether oxygens (including phenoxy) is 1. The number of carboxylic acid groups (broad SMARTS) is 1. The van der Waals surface area contributed by atoms with Gasteiger partial charge in [0, 0.05) is 13.1 Å². The normalized spacial score (nSPS) is 10.2. The maximum Gasteiger partial charge on any atom is 0.307 e. The SMILES string of the molecule is O=C(O)Cc1ccc(OCCNCCO)cc1. The van der Waals surface area contributed by atoms with Crippen LogP contribution >= 0.6 is 0 Å². The number of carbonyl (C=O) groups is 1. The summed E-state index contributed by atoms with van der Waals surface area (Å²) in [6.45, 7) is 1.85. The van der Waals surface area contributed by atoms with Crippen LogP contribution in [0.15, 0.2) is 24.3 Å². The molecule has 0 saturated heterocycles. The summed E-state index contributed by atoms with van der Waals surface area (Å²) in [6, 6.07) is 6.99. The van der Waals surface area contributed by atoms with Crippen LogP contribution in [-0.2, 0) is 11.2 Å². The van der Waals surface area contributed by atoms with E-state index in [0.717, 1.165) is 5.56 Å². The minimum absolute atomic E-state index is 0.0261. The number of benzene rings is 1. The van der Waals surface area contributed by atoms with Crippen LogP contribution in [-0.4, -0.2) is 42.5 Å². The van der Waals surface area contributed by atoms with Crippen LogP contribution in [0.3, 0.4) is 0 Å². The molecule has 94 valence electrons. The Morgan fingerprint density at radius 1 is 1.24 bits per heavy atom. The molecule has 0 atom stereocenters. The van der Waals surface area contributed by atoms with Crippen molar-refractivity contribution in [1.82, 2.24) is 5.32 Å². The van der Waals surface area contributed by atoms with Crippen molar-refractivity contribution in [2.24, 2.45) is 0 Å². The standard InChI is InChI=1S/C12H17NO4/c14-7-5-13-6-8-17-11-3-1-10(2-4-11)9-12(15)16/h1-4,13-14H,5-9H2,(H,15,16). The van der Waals surface area contributed by atoms with Crippen molar-refractivity contribution in [1.29, 1.82) is 0 Å². The van der Waals surface area contributed by atoms with E-state index in [0.29, 0.717) is 25.4 Å². The first-order valence-electron chi connectivity index (χ1n) is 5.47. The topological polar surface area (TPSA) is 78.8 Å². The van der Waals surface area contributed by atoms with Gasteiger partial charge in [-0.05, 0) is 17.7 Å². The van der Waals surface area contributed by atoms with Crippen LogP contribution in [0, 0.1) is 0 Å². The maximum atomic E-state index is 10.5. The fourth-order valence-electron chi connectivity index (χ4n) is 1.32. The number of aliphatic hydroxyl groups is 1. The first-order chi connectivity index (χ1) is 8.22. The molecular formula is C12H17NO4. The average Bonchev–Trinajstić information content (AvgIpc) is 2.30. The Balaban J connectivity index is 2.28. The molecule has 0 aliphatic carbocycles. The van der Waals surface area contributed by atoms with Gasteiger partial charge in [0.15, 0.2) is 0 Å². The van der Waals surface area contributed by atoms with E-state index in [4.69, 9.17) is 14.9 Å².